The average Bonchev–Trinajstić information content (AvgIpc) is 2.56. The van der Waals surface area contributed by atoms with Crippen molar-refractivity contribution in [3.05, 3.63) is 66.3 Å². The number of pyridine rings is 1. The van der Waals surface area contributed by atoms with E-state index in [9.17, 15) is 9.18 Å². The van der Waals surface area contributed by atoms with E-state index in [1.165, 1.54) is 6.07 Å². The van der Waals surface area contributed by atoms with Gasteiger partial charge in [0.1, 0.15) is 5.82 Å². The molecular weight excluding hydrogens is 335 g/mol. The Morgan fingerprint density at radius 2 is 2.12 bits per heavy atom. The predicted octanol–water partition coefficient (Wildman–Crippen LogP) is 4.98. The molecule has 1 aromatic carbocycles. The van der Waals surface area contributed by atoms with Crippen LogP contribution in [-0.2, 0) is 16.6 Å². The molecule has 0 aliphatic carbocycles. The van der Waals surface area contributed by atoms with Crippen LogP contribution in [0.4, 0.5) is 10.1 Å². The van der Waals surface area contributed by atoms with Gasteiger partial charge in [0, 0.05) is 27.9 Å². The van der Waals surface area contributed by atoms with Crippen molar-refractivity contribution >= 4 is 23.4 Å². The molecule has 0 bridgehead atoms. The van der Waals surface area contributed by atoms with E-state index in [0.717, 1.165) is 10.6 Å². The van der Waals surface area contributed by atoms with Crippen molar-refractivity contribution in [2.75, 3.05) is 11.1 Å². The van der Waals surface area contributed by atoms with Gasteiger partial charge >= 0.3 is 0 Å². The molecule has 1 heterocycles. The number of carbonyl (C=O) groups excluding carboxylic acids is 1. The van der Waals surface area contributed by atoms with Crippen molar-refractivity contribution in [2.24, 2.45) is 0 Å². The van der Waals surface area contributed by atoms with Gasteiger partial charge in [0.2, 0.25) is 5.91 Å². The van der Waals surface area contributed by atoms with Crippen LogP contribution in [0.2, 0.25) is 0 Å². The second-order valence-electron chi connectivity index (χ2n) is 6.26. The first-order valence-electron chi connectivity index (χ1n) is 8.17. The Morgan fingerprint density at radius 1 is 1.36 bits per heavy atom. The molecule has 0 fully saturated rings. The van der Waals surface area contributed by atoms with E-state index in [4.69, 9.17) is 0 Å². The molecule has 0 radical (unpaired) electrons. The number of allylic oxidation sites excluding steroid dienone is 1. The maximum Gasteiger partial charge on any atom is 0.230 e. The van der Waals surface area contributed by atoms with Crippen LogP contribution in [0.3, 0.4) is 0 Å². The first-order valence-corrected chi connectivity index (χ1v) is 9.15. The van der Waals surface area contributed by atoms with Gasteiger partial charge in [0.05, 0.1) is 6.42 Å². The lowest BCUT2D eigenvalue weighted by atomic mass is 9.84. The van der Waals surface area contributed by atoms with Crippen molar-refractivity contribution in [1.29, 1.82) is 0 Å². The molecule has 1 N–H and O–H groups in total. The molecule has 1 amide bonds. The number of benzene rings is 1. The molecule has 2 rings (SSSR count). The molecule has 25 heavy (non-hydrogen) atoms. The van der Waals surface area contributed by atoms with Gasteiger partial charge < -0.3 is 5.32 Å². The minimum atomic E-state index is -0.464. The summed E-state index contributed by atoms with van der Waals surface area (Å²) in [7, 11) is 0. The number of amides is 1. The maximum absolute atomic E-state index is 14.3. The lowest BCUT2D eigenvalue weighted by Crippen LogP contribution is -2.17. The molecule has 5 heteroatoms. The Kier molecular flexibility index (Phi) is 6.37. The third-order valence-corrected chi connectivity index (χ3v) is 4.77. The maximum atomic E-state index is 14.3. The number of carbonyl (C=O) groups is 1. The van der Waals surface area contributed by atoms with Crippen LogP contribution >= 0.6 is 11.8 Å². The predicted molar refractivity (Wildman–Crippen MR) is 103 cm³/mol. The summed E-state index contributed by atoms with van der Waals surface area (Å²) in [6, 6.07) is 8.52. The third-order valence-electron chi connectivity index (χ3n) is 3.91. The number of nitrogens with one attached hydrogen (secondary N) is 1. The normalized spacial score (nSPS) is 11.2. The van der Waals surface area contributed by atoms with Crippen molar-refractivity contribution in [3.8, 4) is 0 Å². The van der Waals surface area contributed by atoms with Gasteiger partial charge in [0.25, 0.3) is 0 Å². The molecule has 1 aromatic heterocycles. The second kappa shape index (κ2) is 8.30. The molecule has 0 spiro atoms. The molecule has 0 saturated carbocycles. The number of hydrogen-bond acceptors (Lipinski definition) is 3. The van der Waals surface area contributed by atoms with Crippen LogP contribution in [0.25, 0.3) is 0 Å². The summed E-state index contributed by atoms with van der Waals surface area (Å²) in [5.74, 6) is 0.395. The lowest BCUT2D eigenvalue weighted by Gasteiger charge is -2.21. The highest BCUT2D eigenvalue weighted by molar-refractivity contribution is 7.99. The SMILES string of the molecule is C=CC(C)(C)c1ccc(NC(=O)Cc2ccc(SCC)cn2)cc1F. The van der Waals surface area contributed by atoms with E-state index in [1.54, 1.807) is 36.2 Å². The minimum absolute atomic E-state index is 0.151. The molecular formula is C20H23FN2OS. The van der Waals surface area contributed by atoms with Gasteiger partial charge in [-0.3, -0.25) is 9.78 Å². The molecule has 3 nitrogen and oxygen atoms in total. The number of rotatable bonds is 7. The van der Waals surface area contributed by atoms with Crippen molar-refractivity contribution < 1.29 is 9.18 Å². The second-order valence-corrected chi connectivity index (χ2v) is 7.60. The molecule has 0 unspecified atom stereocenters. The summed E-state index contributed by atoms with van der Waals surface area (Å²) < 4.78 is 14.3. The van der Waals surface area contributed by atoms with Crippen LogP contribution < -0.4 is 5.32 Å². The minimum Gasteiger partial charge on any atom is -0.326 e. The van der Waals surface area contributed by atoms with E-state index < -0.39 is 5.41 Å². The first kappa shape index (κ1) is 19.2. The molecule has 0 saturated heterocycles. The highest BCUT2D eigenvalue weighted by Crippen LogP contribution is 2.28. The molecule has 132 valence electrons. The average molecular weight is 358 g/mol. The summed E-state index contributed by atoms with van der Waals surface area (Å²) >= 11 is 1.70. The van der Waals surface area contributed by atoms with Gasteiger partial charge in [-0.15, -0.1) is 18.3 Å². The van der Waals surface area contributed by atoms with Crippen LogP contribution in [0.15, 0.2) is 54.1 Å². The number of thioether (sulfide) groups is 1. The van der Waals surface area contributed by atoms with Crippen molar-refractivity contribution in [1.82, 2.24) is 4.98 Å². The molecule has 2 aromatic rings. The van der Waals surface area contributed by atoms with Crippen LogP contribution in [0.1, 0.15) is 32.0 Å². The largest absolute Gasteiger partial charge is 0.326 e. The quantitative estimate of drug-likeness (QED) is 0.561. The summed E-state index contributed by atoms with van der Waals surface area (Å²) in [6.45, 7) is 9.60. The Balaban J connectivity index is 2.03. The standard InChI is InChI=1S/C20H23FN2OS/c1-5-20(3,4)17-10-8-15(11-18(17)21)23-19(24)12-14-7-9-16(13-22-14)25-6-2/h5,7-11,13H,1,6,12H2,2-4H3,(H,23,24). The van der Waals surface area contributed by atoms with E-state index >= 15 is 0 Å². The van der Waals surface area contributed by atoms with Crippen molar-refractivity contribution in [3.63, 3.8) is 0 Å². The summed E-state index contributed by atoms with van der Waals surface area (Å²) in [6.07, 6.45) is 3.62. The monoisotopic (exact) mass is 358 g/mol. The fourth-order valence-electron chi connectivity index (χ4n) is 2.36. The Bertz CT molecular complexity index is 757. The smallest absolute Gasteiger partial charge is 0.230 e. The highest BCUT2D eigenvalue weighted by atomic mass is 32.2. The fraction of sp³-hybridized carbons (Fsp3) is 0.300. The van der Waals surface area contributed by atoms with Gasteiger partial charge in [-0.25, -0.2) is 4.39 Å². The zero-order chi connectivity index (χ0) is 18.4. The lowest BCUT2D eigenvalue weighted by molar-refractivity contribution is -0.115. The van der Waals surface area contributed by atoms with E-state index in [0.29, 0.717) is 16.9 Å². The number of halogens is 1. The van der Waals surface area contributed by atoms with E-state index in [-0.39, 0.29) is 18.1 Å². The van der Waals surface area contributed by atoms with E-state index in [2.05, 4.69) is 23.8 Å². The number of anilines is 1. The van der Waals surface area contributed by atoms with Crippen LogP contribution in [0, 0.1) is 5.82 Å². The Morgan fingerprint density at radius 3 is 2.68 bits per heavy atom. The summed E-state index contributed by atoms with van der Waals surface area (Å²) in [5.41, 5.74) is 1.20. The fourth-order valence-corrected chi connectivity index (χ4v) is 2.99. The zero-order valence-corrected chi connectivity index (χ0v) is 15.6. The highest BCUT2D eigenvalue weighted by Gasteiger charge is 2.20. The topological polar surface area (TPSA) is 42.0 Å². The summed E-state index contributed by atoms with van der Waals surface area (Å²) in [5, 5.41) is 2.72. The Hall–Kier alpha value is -2.14. The summed E-state index contributed by atoms with van der Waals surface area (Å²) in [4.78, 5) is 17.5. The van der Waals surface area contributed by atoms with Crippen LogP contribution in [-0.4, -0.2) is 16.6 Å². The molecule has 0 aliphatic rings. The zero-order valence-electron chi connectivity index (χ0n) is 14.8. The number of hydrogen-bond donors (Lipinski definition) is 1. The van der Waals surface area contributed by atoms with Crippen molar-refractivity contribution in [2.45, 2.75) is 37.5 Å². The number of nitrogens with zero attached hydrogens (tertiary/aromatic N) is 1. The molecule has 0 atom stereocenters. The van der Waals surface area contributed by atoms with Gasteiger partial charge in [0.15, 0.2) is 0 Å². The van der Waals surface area contributed by atoms with Gasteiger partial charge in [-0.2, -0.15) is 0 Å². The third kappa shape index (κ3) is 5.16. The first-order chi connectivity index (χ1) is 11.9. The Labute approximate surface area is 152 Å². The van der Waals surface area contributed by atoms with E-state index in [1.807, 2.05) is 26.0 Å². The van der Waals surface area contributed by atoms with Crippen LogP contribution in [0.5, 0.6) is 0 Å². The number of aromatic nitrogens is 1. The van der Waals surface area contributed by atoms with Gasteiger partial charge in [-0.05, 0) is 35.6 Å². The molecule has 0 aliphatic heterocycles. The van der Waals surface area contributed by atoms with Gasteiger partial charge in [-0.1, -0.05) is 32.9 Å².